The number of benzene rings is 1. The van der Waals surface area contributed by atoms with Crippen molar-refractivity contribution in [3.63, 3.8) is 0 Å². The summed E-state index contributed by atoms with van der Waals surface area (Å²) in [6, 6.07) is 6.90. The zero-order chi connectivity index (χ0) is 9.97. The first-order valence-corrected chi connectivity index (χ1v) is 4.09. The van der Waals surface area contributed by atoms with Gasteiger partial charge in [-0.3, -0.25) is 0 Å². The Morgan fingerprint density at radius 3 is 3.07 bits per heavy atom. The minimum atomic E-state index is -0.579. The van der Waals surface area contributed by atoms with Crippen molar-refractivity contribution in [3.05, 3.63) is 24.3 Å². The van der Waals surface area contributed by atoms with Gasteiger partial charge < -0.3 is 11.1 Å². The quantitative estimate of drug-likeness (QED) is 0.703. The molecule has 0 bridgehead atoms. The highest BCUT2D eigenvalue weighted by Gasteiger charge is 2.02. The van der Waals surface area contributed by atoms with Crippen molar-refractivity contribution in [1.29, 1.82) is 0 Å². The van der Waals surface area contributed by atoms with Crippen molar-refractivity contribution < 1.29 is 4.79 Å². The lowest BCUT2D eigenvalue weighted by molar-refractivity contribution is 0.246. The van der Waals surface area contributed by atoms with Crippen LogP contribution in [-0.4, -0.2) is 21.0 Å². The average molecular weight is 191 g/mol. The fourth-order valence-electron chi connectivity index (χ4n) is 1.19. The van der Waals surface area contributed by atoms with Crippen LogP contribution in [-0.2, 0) is 6.67 Å². The highest BCUT2D eigenvalue weighted by Crippen LogP contribution is 2.08. The van der Waals surface area contributed by atoms with Crippen LogP contribution in [0.3, 0.4) is 0 Å². The number of urea groups is 1. The van der Waals surface area contributed by atoms with Crippen LogP contribution in [0.5, 0.6) is 0 Å². The number of nitrogens with zero attached hydrogens (tertiary/aromatic N) is 3. The zero-order valence-electron chi connectivity index (χ0n) is 7.34. The zero-order valence-corrected chi connectivity index (χ0v) is 7.34. The molecule has 2 amide bonds. The van der Waals surface area contributed by atoms with E-state index in [1.54, 1.807) is 4.68 Å². The van der Waals surface area contributed by atoms with Gasteiger partial charge in [0.2, 0.25) is 0 Å². The smallest absolute Gasteiger partial charge is 0.313 e. The lowest BCUT2D eigenvalue weighted by Crippen LogP contribution is -2.31. The van der Waals surface area contributed by atoms with E-state index in [0.29, 0.717) is 0 Å². The van der Waals surface area contributed by atoms with Crippen molar-refractivity contribution in [2.24, 2.45) is 5.73 Å². The largest absolute Gasteiger partial charge is 0.352 e. The maximum Gasteiger partial charge on any atom is 0.313 e. The van der Waals surface area contributed by atoms with Gasteiger partial charge in [0.1, 0.15) is 12.2 Å². The number of hydrogen-bond acceptors (Lipinski definition) is 3. The fourth-order valence-corrected chi connectivity index (χ4v) is 1.19. The summed E-state index contributed by atoms with van der Waals surface area (Å²) in [5, 5.41) is 10.2. The molecule has 72 valence electrons. The summed E-state index contributed by atoms with van der Waals surface area (Å²) < 4.78 is 1.57. The van der Waals surface area contributed by atoms with Gasteiger partial charge in [-0.1, -0.05) is 17.3 Å². The number of hydrogen-bond donors (Lipinski definition) is 2. The molecule has 0 aliphatic heterocycles. The molecule has 0 fully saturated rings. The van der Waals surface area contributed by atoms with E-state index >= 15 is 0 Å². The third-order valence-corrected chi connectivity index (χ3v) is 1.82. The Morgan fingerprint density at radius 1 is 1.50 bits per heavy atom. The number of fused-ring (bicyclic) bond motifs is 1. The number of amides is 2. The summed E-state index contributed by atoms with van der Waals surface area (Å²) >= 11 is 0. The highest BCUT2D eigenvalue weighted by molar-refractivity contribution is 5.74. The van der Waals surface area contributed by atoms with Gasteiger partial charge in [-0.2, -0.15) is 0 Å². The van der Waals surface area contributed by atoms with Gasteiger partial charge in [-0.05, 0) is 12.1 Å². The van der Waals surface area contributed by atoms with Gasteiger partial charge >= 0.3 is 6.03 Å². The SMILES string of the molecule is NC(=O)NCn1nnc2ccccc21. The number of rotatable bonds is 2. The fraction of sp³-hybridized carbons (Fsp3) is 0.125. The molecule has 1 aromatic carbocycles. The Morgan fingerprint density at radius 2 is 2.29 bits per heavy atom. The Hall–Kier alpha value is -2.11. The molecule has 0 saturated heterocycles. The maximum atomic E-state index is 10.5. The van der Waals surface area contributed by atoms with E-state index in [1.165, 1.54) is 0 Å². The van der Waals surface area contributed by atoms with E-state index in [4.69, 9.17) is 5.73 Å². The van der Waals surface area contributed by atoms with Gasteiger partial charge in [0.25, 0.3) is 0 Å². The summed E-state index contributed by atoms with van der Waals surface area (Å²) in [4.78, 5) is 10.5. The molecule has 2 rings (SSSR count). The molecular formula is C8H9N5O. The molecule has 2 aromatic rings. The Labute approximate surface area is 79.7 Å². The molecule has 1 aromatic heterocycles. The molecule has 14 heavy (non-hydrogen) atoms. The van der Waals surface area contributed by atoms with E-state index in [-0.39, 0.29) is 6.67 Å². The van der Waals surface area contributed by atoms with Crippen LogP contribution in [0.25, 0.3) is 11.0 Å². The summed E-state index contributed by atoms with van der Waals surface area (Å²) in [5.41, 5.74) is 6.59. The third-order valence-electron chi connectivity index (χ3n) is 1.82. The molecule has 0 saturated carbocycles. The van der Waals surface area contributed by atoms with Crippen molar-refractivity contribution in [3.8, 4) is 0 Å². The molecule has 0 spiro atoms. The van der Waals surface area contributed by atoms with Crippen LogP contribution in [0.2, 0.25) is 0 Å². The highest BCUT2D eigenvalue weighted by atomic mass is 16.2. The van der Waals surface area contributed by atoms with Gasteiger partial charge in [0.15, 0.2) is 0 Å². The molecule has 0 atom stereocenters. The van der Waals surface area contributed by atoms with Gasteiger partial charge in [-0.25, -0.2) is 9.48 Å². The standard InChI is InChI=1S/C8H9N5O/c9-8(14)10-5-13-7-4-2-1-3-6(7)11-12-13/h1-4H,5H2,(H3,9,10,14). The minimum Gasteiger partial charge on any atom is -0.352 e. The number of carbonyl (C=O) groups is 1. The van der Waals surface area contributed by atoms with Crippen molar-refractivity contribution in [1.82, 2.24) is 20.3 Å². The van der Waals surface area contributed by atoms with Crippen LogP contribution in [0.15, 0.2) is 24.3 Å². The van der Waals surface area contributed by atoms with E-state index in [0.717, 1.165) is 11.0 Å². The first-order chi connectivity index (χ1) is 6.77. The number of aromatic nitrogens is 3. The average Bonchev–Trinajstić information content (AvgIpc) is 2.58. The predicted molar refractivity (Wildman–Crippen MR) is 50.2 cm³/mol. The van der Waals surface area contributed by atoms with Crippen molar-refractivity contribution in [2.45, 2.75) is 6.67 Å². The van der Waals surface area contributed by atoms with Gasteiger partial charge in [-0.15, -0.1) is 5.10 Å². The van der Waals surface area contributed by atoms with Gasteiger partial charge in [0, 0.05) is 0 Å². The molecule has 1 heterocycles. The Bertz CT molecular complexity index is 463. The minimum absolute atomic E-state index is 0.232. The second-order valence-electron chi connectivity index (χ2n) is 2.78. The van der Waals surface area contributed by atoms with Crippen LogP contribution in [0.4, 0.5) is 4.79 Å². The van der Waals surface area contributed by atoms with E-state index in [1.807, 2.05) is 24.3 Å². The second kappa shape index (κ2) is 3.33. The number of nitrogens with two attached hydrogens (primary N) is 1. The predicted octanol–water partition coefficient (Wildman–Crippen LogP) is 0.0571. The molecule has 0 aliphatic rings. The van der Waals surface area contributed by atoms with Crippen LogP contribution < -0.4 is 11.1 Å². The van der Waals surface area contributed by atoms with Gasteiger partial charge in [0.05, 0.1) is 5.52 Å². The number of nitrogens with one attached hydrogen (secondary N) is 1. The molecule has 0 unspecified atom stereocenters. The molecular weight excluding hydrogens is 182 g/mol. The molecule has 0 aliphatic carbocycles. The molecule has 6 nitrogen and oxygen atoms in total. The van der Waals surface area contributed by atoms with Crippen LogP contribution in [0.1, 0.15) is 0 Å². The summed E-state index contributed by atoms with van der Waals surface area (Å²) in [7, 11) is 0. The lowest BCUT2D eigenvalue weighted by atomic mass is 10.3. The normalized spacial score (nSPS) is 10.3. The van der Waals surface area contributed by atoms with Crippen molar-refractivity contribution >= 4 is 17.1 Å². The number of para-hydroxylation sites is 1. The van der Waals surface area contributed by atoms with Crippen molar-refractivity contribution in [2.75, 3.05) is 0 Å². The van der Waals surface area contributed by atoms with E-state index in [9.17, 15) is 4.79 Å². The topological polar surface area (TPSA) is 85.8 Å². The third kappa shape index (κ3) is 1.49. The van der Waals surface area contributed by atoms with Crippen LogP contribution >= 0.6 is 0 Å². The summed E-state index contributed by atoms with van der Waals surface area (Å²) in [6.45, 7) is 0.232. The van der Waals surface area contributed by atoms with E-state index < -0.39 is 6.03 Å². The second-order valence-corrected chi connectivity index (χ2v) is 2.78. The summed E-state index contributed by atoms with van der Waals surface area (Å²) in [6.07, 6.45) is 0. The first kappa shape index (κ1) is 8.49. The Balaban J connectivity index is 2.29. The molecule has 6 heteroatoms. The Kier molecular flexibility index (Phi) is 2.02. The molecule has 0 radical (unpaired) electrons. The first-order valence-electron chi connectivity index (χ1n) is 4.09. The lowest BCUT2D eigenvalue weighted by Gasteiger charge is -2.01. The van der Waals surface area contributed by atoms with E-state index in [2.05, 4.69) is 15.6 Å². The monoisotopic (exact) mass is 191 g/mol. The maximum absolute atomic E-state index is 10.5. The van der Waals surface area contributed by atoms with Crippen LogP contribution in [0, 0.1) is 0 Å². The number of primary amides is 1. The summed E-state index contributed by atoms with van der Waals surface area (Å²) in [5.74, 6) is 0. The molecule has 3 N–H and O–H groups in total. The number of carbonyl (C=O) groups excluding carboxylic acids is 1.